The van der Waals surface area contributed by atoms with Crippen molar-refractivity contribution in [2.75, 3.05) is 20.8 Å². The monoisotopic (exact) mass is 374 g/mol. The molecular weight excluding hydrogens is 352 g/mol. The molecule has 6 heteroatoms. The highest BCUT2D eigenvalue weighted by molar-refractivity contribution is 5.94. The zero-order valence-electron chi connectivity index (χ0n) is 15.0. The van der Waals surface area contributed by atoms with Gasteiger partial charge in [0.1, 0.15) is 0 Å². The number of methoxy groups -OCH3 is 2. The van der Waals surface area contributed by atoms with Crippen LogP contribution in [0.5, 0.6) is 11.5 Å². The zero-order chi connectivity index (χ0) is 17.4. The van der Waals surface area contributed by atoms with Crippen LogP contribution in [-0.2, 0) is 26.1 Å². The summed E-state index contributed by atoms with van der Waals surface area (Å²) in [7, 11) is 3.28. The summed E-state index contributed by atoms with van der Waals surface area (Å²) >= 11 is 0. The van der Waals surface area contributed by atoms with E-state index < -0.39 is 0 Å². The molecule has 0 saturated carbocycles. The first-order valence-corrected chi connectivity index (χ1v) is 8.55. The summed E-state index contributed by atoms with van der Waals surface area (Å²) in [6.45, 7) is 3.05. The highest BCUT2D eigenvalue weighted by atomic mass is 35.5. The lowest BCUT2D eigenvalue weighted by Crippen LogP contribution is -2.36. The summed E-state index contributed by atoms with van der Waals surface area (Å²) < 4.78 is 10.8. The van der Waals surface area contributed by atoms with Crippen LogP contribution in [0.3, 0.4) is 0 Å². The van der Waals surface area contributed by atoms with Crippen LogP contribution in [-0.4, -0.2) is 31.6 Å². The number of carbonyl (C=O) groups excluding carboxylic acids is 1. The van der Waals surface area contributed by atoms with E-state index >= 15 is 0 Å². The second kappa shape index (κ2) is 7.56. The Hall–Kier alpha value is -2.24. The number of hydrogen-bond donors (Lipinski definition) is 1. The van der Waals surface area contributed by atoms with Crippen LogP contribution in [0, 0.1) is 0 Å². The molecule has 5 nitrogen and oxygen atoms in total. The summed E-state index contributed by atoms with van der Waals surface area (Å²) in [4.78, 5) is 14.9. The number of halogens is 1. The van der Waals surface area contributed by atoms with Gasteiger partial charge < -0.3 is 19.7 Å². The molecule has 2 aliphatic rings. The molecule has 0 atom stereocenters. The van der Waals surface area contributed by atoms with Crippen LogP contribution in [0.25, 0.3) is 0 Å². The maximum Gasteiger partial charge on any atom is 0.254 e. The minimum absolute atomic E-state index is 0. The van der Waals surface area contributed by atoms with Crippen molar-refractivity contribution >= 4 is 18.3 Å². The van der Waals surface area contributed by atoms with Crippen LogP contribution in [0.1, 0.15) is 32.6 Å². The fourth-order valence-electron chi connectivity index (χ4n) is 3.67. The summed E-state index contributed by atoms with van der Waals surface area (Å²) in [6, 6.07) is 10.0. The Kier molecular flexibility index (Phi) is 5.39. The van der Waals surface area contributed by atoms with E-state index in [0.717, 1.165) is 42.9 Å². The smallest absolute Gasteiger partial charge is 0.254 e. The van der Waals surface area contributed by atoms with Gasteiger partial charge in [-0.1, -0.05) is 6.07 Å². The van der Waals surface area contributed by atoms with Gasteiger partial charge in [-0.2, -0.15) is 0 Å². The Morgan fingerprint density at radius 2 is 1.65 bits per heavy atom. The Balaban J connectivity index is 0.00000196. The molecule has 138 valence electrons. The number of nitrogens with one attached hydrogen (secondary N) is 1. The van der Waals surface area contributed by atoms with Gasteiger partial charge >= 0.3 is 0 Å². The van der Waals surface area contributed by atoms with E-state index in [0.29, 0.717) is 12.3 Å². The third-order valence-electron chi connectivity index (χ3n) is 5.09. The first-order chi connectivity index (χ1) is 12.2. The van der Waals surface area contributed by atoms with Crippen molar-refractivity contribution in [3.63, 3.8) is 0 Å². The second-order valence-corrected chi connectivity index (χ2v) is 6.54. The standard InChI is InChI=1S/C20H22N2O3.ClH/c1-24-18-8-13-5-6-22(12-17(13)9-19(18)25-2)20(23)14-3-4-15-10-21-11-16(15)7-14;/h3-4,7-9,21H,5-6,10-12H2,1-2H3;1H. The molecule has 2 heterocycles. The number of fused-ring (bicyclic) bond motifs is 2. The van der Waals surface area contributed by atoms with Crippen molar-refractivity contribution < 1.29 is 14.3 Å². The molecule has 0 saturated heterocycles. The first-order valence-electron chi connectivity index (χ1n) is 8.55. The average molecular weight is 375 g/mol. The van der Waals surface area contributed by atoms with E-state index in [1.165, 1.54) is 16.7 Å². The lowest BCUT2D eigenvalue weighted by molar-refractivity contribution is 0.0734. The Labute approximate surface area is 159 Å². The van der Waals surface area contributed by atoms with Gasteiger partial charge in [-0.05, 0) is 52.9 Å². The molecule has 0 unspecified atom stereocenters. The molecule has 0 radical (unpaired) electrons. The predicted octanol–water partition coefficient (Wildman–Crippen LogP) is 2.93. The van der Waals surface area contributed by atoms with Gasteiger partial charge in [-0.25, -0.2) is 0 Å². The van der Waals surface area contributed by atoms with Crippen molar-refractivity contribution in [2.45, 2.75) is 26.1 Å². The number of nitrogens with zero attached hydrogens (tertiary/aromatic N) is 1. The van der Waals surface area contributed by atoms with Crippen molar-refractivity contribution in [3.8, 4) is 11.5 Å². The molecule has 4 rings (SSSR count). The molecule has 2 aromatic rings. The third-order valence-corrected chi connectivity index (χ3v) is 5.09. The maximum absolute atomic E-state index is 12.9. The molecule has 0 fully saturated rings. The minimum atomic E-state index is 0. The Morgan fingerprint density at radius 1 is 0.962 bits per heavy atom. The van der Waals surface area contributed by atoms with E-state index in [9.17, 15) is 4.79 Å². The largest absolute Gasteiger partial charge is 0.493 e. The van der Waals surface area contributed by atoms with E-state index in [4.69, 9.17) is 9.47 Å². The molecule has 26 heavy (non-hydrogen) atoms. The minimum Gasteiger partial charge on any atom is -0.493 e. The lowest BCUT2D eigenvalue weighted by atomic mass is 9.97. The number of ether oxygens (including phenoxy) is 2. The second-order valence-electron chi connectivity index (χ2n) is 6.54. The van der Waals surface area contributed by atoms with Gasteiger partial charge in [0.15, 0.2) is 11.5 Å². The van der Waals surface area contributed by atoms with Crippen LogP contribution < -0.4 is 14.8 Å². The molecule has 0 aromatic heterocycles. The molecule has 1 amide bonds. The maximum atomic E-state index is 12.9. The highest BCUT2D eigenvalue weighted by Crippen LogP contribution is 2.33. The summed E-state index contributed by atoms with van der Waals surface area (Å²) in [5.74, 6) is 1.54. The SMILES string of the molecule is COc1cc2c(cc1OC)CN(C(=O)c1ccc3c(c1)CNC3)CC2.Cl. The van der Waals surface area contributed by atoms with Crippen molar-refractivity contribution in [1.82, 2.24) is 10.2 Å². The molecule has 0 spiro atoms. The van der Waals surface area contributed by atoms with Gasteiger partial charge in [0.25, 0.3) is 5.91 Å². The van der Waals surface area contributed by atoms with E-state index in [2.05, 4.69) is 11.4 Å². The third kappa shape index (κ3) is 3.24. The van der Waals surface area contributed by atoms with Gasteiger partial charge in [-0.15, -0.1) is 12.4 Å². The Bertz CT molecular complexity index is 838. The molecular formula is C20H23ClN2O3. The molecule has 1 N–H and O–H groups in total. The molecule has 0 bridgehead atoms. The van der Waals surface area contributed by atoms with Gasteiger partial charge in [0.05, 0.1) is 14.2 Å². The topological polar surface area (TPSA) is 50.8 Å². The van der Waals surface area contributed by atoms with Crippen molar-refractivity contribution in [3.05, 3.63) is 58.1 Å². The number of carbonyl (C=O) groups is 1. The normalized spacial score (nSPS) is 14.9. The molecule has 0 aliphatic carbocycles. The number of amides is 1. The molecule has 2 aromatic carbocycles. The van der Waals surface area contributed by atoms with Crippen LogP contribution >= 0.6 is 12.4 Å². The fraction of sp³-hybridized carbons (Fsp3) is 0.350. The summed E-state index contributed by atoms with van der Waals surface area (Å²) in [5.41, 5.74) is 5.64. The fourth-order valence-corrected chi connectivity index (χ4v) is 3.67. The molecule has 2 aliphatic heterocycles. The van der Waals surface area contributed by atoms with Gasteiger partial charge in [0, 0.05) is 31.7 Å². The quantitative estimate of drug-likeness (QED) is 0.897. The lowest BCUT2D eigenvalue weighted by Gasteiger charge is -2.30. The van der Waals surface area contributed by atoms with Gasteiger partial charge in [-0.3, -0.25) is 4.79 Å². The Morgan fingerprint density at radius 3 is 2.38 bits per heavy atom. The summed E-state index contributed by atoms with van der Waals surface area (Å²) in [6.07, 6.45) is 0.827. The van der Waals surface area contributed by atoms with Gasteiger partial charge in [0.2, 0.25) is 0 Å². The number of hydrogen-bond acceptors (Lipinski definition) is 4. The highest BCUT2D eigenvalue weighted by Gasteiger charge is 2.24. The van der Waals surface area contributed by atoms with E-state index in [1.54, 1.807) is 14.2 Å². The van der Waals surface area contributed by atoms with Crippen LogP contribution in [0.2, 0.25) is 0 Å². The van der Waals surface area contributed by atoms with Crippen molar-refractivity contribution in [1.29, 1.82) is 0 Å². The zero-order valence-corrected chi connectivity index (χ0v) is 15.8. The van der Waals surface area contributed by atoms with E-state index in [-0.39, 0.29) is 18.3 Å². The number of benzene rings is 2. The number of rotatable bonds is 3. The van der Waals surface area contributed by atoms with E-state index in [1.807, 2.05) is 29.2 Å². The van der Waals surface area contributed by atoms with Crippen LogP contribution in [0.4, 0.5) is 0 Å². The van der Waals surface area contributed by atoms with Crippen molar-refractivity contribution in [2.24, 2.45) is 0 Å². The predicted molar refractivity (Wildman–Crippen MR) is 102 cm³/mol. The van der Waals surface area contributed by atoms with Crippen LogP contribution in [0.15, 0.2) is 30.3 Å². The first kappa shape index (κ1) is 18.5. The summed E-state index contributed by atoms with van der Waals surface area (Å²) in [5, 5.41) is 3.32. The average Bonchev–Trinajstić information content (AvgIpc) is 3.13.